The summed E-state index contributed by atoms with van der Waals surface area (Å²) < 4.78 is 44.8. The molecule has 1 unspecified atom stereocenters. The lowest BCUT2D eigenvalue weighted by molar-refractivity contribution is -0.166. The number of alkyl halides is 3. The van der Waals surface area contributed by atoms with Gasteiger partial charge in [-0.15, -0.1) is 5.10 Å². The van der Waals surface area contributed by atoms with Crippen molar-refractivity contribution in [2.75, 3.05) is 13.2 Å². The van der Waals surface area contributed by atoms with Crippen LogP contribution in [-0.2, 0) is 11.2 Å². The Balaban J connectivity index is 2.39. The first-order valence-electron chi connectivity index (χ1n) is 6.40. The molecule has 2 rings (SSSR count). The molecular formula is C12H15F3N4O. The van der Waals surface area contributed by atoms with Crippen molar-refractivity contribution >= 4 is 0 Å². The van der Waals surface area contributed by atoms with E-state index >= 15 is 0 Å². The van der Waals surface area contributed by atoms with E-state index in [-0.39, 0.29) is 12.3 Å². The minimum absolute atomic E-state index is 0.0305. The summed E-state index contributed by atoms with van der Waals surface area (Å²) in [4.78, 5) is 0. The second kappa shape index (κ2) is 5.79. The fourth-order valence-corrected chi connectivity index (χ4v) is 2.35. The number of hydrogen-bond acceptors (Lipinski definition) is 4. The van der Waals surface area contributed by atoms with Gasteiger partial charge in [-0.2, -0.15) is 18.4 Å². The zero-order valence-corrected chi connectivity index (χ0v) is 11.0. The summed E-state index contributed by atoms with van der Waals surface area (Å²) in [6.45, 7) is 2.05. The van der Waals surface area contributed by atoms with Gasteiger partial charge in [0.05, 0.1) is 18.2 Å². The first-order valence-corrected chi connectivity index (χ1v) is 6.40. The van der Waals surface area contributed by atoms with Crippen molar-refractivity contribution < 1.29 is 17.9 Å². The van der Waals surface area contributed by atoms with Crippen molar-refractivity contribution in [2.45, 2.75) is 44.3 Å². The van der Waals surface area contributed by atoms with E-state index in [1.165, 1.54) is 0 Å². The van der Waals surface area contributed by atoms with Gasteiger partial charge in [-0.05, 0) is 19.8 Å². The maximum atomic E-state index is 12.9. The van der Waals surface area contributed by atoms with E-state index in [0.717, 1.165) is 11.6 Å². The van der Waals surface area contributed by atoms with E-state index in [1.54, 1.807) is 0 Å². The Hall–Kier alpha value is -1.62. The van der Waals surface area contributed by atoms with Gasteiger partial charge in [0.1, 0.15) is 11.7 Å². The molecule has 1 aliphatic rings. The molecule has 1 aliphatic heterocycles. The van der Waals surface area contributed by atoms with Crippen molar-refractivity contribution in [1.82, 2.24) is 15.0 Å². The van der Waals surface area contributed by atoms with Gasteiger partial charge < -0.3 is 4.74 Å². The molecule has 0 aromatic carbocycles. The molecule has 0 aliphatic carbocycles. The maximum absolute atomic E-state index is 12.9. The zero-order chi connectivity index (χ0) is 14.8. The van der Waals surface area contributed by atoms with Crippen molar-refractivity contribution in [3.05, 3.63) is 11.4 Å². The van der Waals surface area contributed by atoms with Crippen LogP contribution in [-0.4, -0.2) is 34.4 Å². The Morgan fingerprint density at radius 3 is 2.65 bits per heavy atom. The molecule has 0 spiro atoms. The largest absolute Gasteiger partial charge is 0.410 e. The molecule has 0 bridgehead atoms. The molecule has 1 saturated heterocycles. The molecule has 1 aromatic rings. The third-order valence-corrected chi connectivity index (χ3v) is 3.50. The van der Waals surface area contributed by atoms with Crippen molar-refractivity contribution in [1.29, 1.82) is 5.26 Å². The van der Waals surface area contributed by atoms with Gasteiger partial charge in [0.15, 0.2) is 0 Å². The Bertz CT molecular complexity index is 500. The number of aromatic nitrogens is 3. The smallest absolute Gasteiger partial charge is 0.381 e. The lowest BCUT2D eigenvalue weighted by Crippen LogP contribution is -2.28. The molecule has 1 aromatic heterocycles. The summed E-state index contributed by atoms with van der Waals surface area (Å²) in [7, 11) is 0. The van der Waals surface area contributed by atoms with Gasteiger partial charge in [0.25, 0.3) is 0 Å². The second-order valence-electron chi connectivity index (χ2n) is 4.81. The predicted molar refractivity (Wildman–Crippen MR) is 62.9 cm³/mol. The fraction of sp³-hybridized carbons (Fsp3) is 0.750. The van der Waals surface area contributed by atoms with E-state index in [1.807, 2.05) is 6.07 Å². The maximum Gasteiger partial charge on any atom is 0.410 e. The highest BCUT2D eigenvalue weighted by molar-refractivity contribution is 5.20. The van der Waals surface area contributed by atoms with Gasteiger partial charge >= 0.3 is 6.18 Å². The molecule has 5 nitrogen and oxygen atoms in total. The van der Waals surface area contributed by atoms with Crippen LogP contribution in [0, 0.1) is 11.3 Å². The average Bonchev–Trinajstić information content (AvgIpc) is 2.82. The third-order valence-electron chi connectivity index (χ3n) is 3.50. The standard InChI is InChI=1S/C12H15F3N4O/c1-8(12(13,14)15)19-11(9-3-6-20-7-4-9)10(2-5-16)17-18-19/h8-9H,2-4,6-7H2,1H3. The van der Waals surface area contributed by atoms with Gasteiger partial charge in [-0.3, -0.25) is 0 Å². The lowest BCUT2D eigenvalue weighted by Gasteiger charge is -2.26. The SMILES string of the molecule is CC(n1nnc(CC#N)c1C1CCOCC1)C(F)(F)F. The molecule has 2 heterocycles. The van der Waals surface area contributed by atoms with Crippen molar-refractivity contribution in [2.24, 2.45) is 0 Å². The molecule has 110 valence electrons. The van der Waals surface area contributed by atoms with Crippen LogP contribution in [0.3, 0.4) is 0 Å². The van der Waals surface area contributed by atoms with Crippen molar-refractivity contribution in [3.8, 4) is 6.07 Å². The number of ether oxygens (including phenoxy) is 1. The van der Waals surface area contributed by atoms with Crippen LogP contribution in [0.25, 0.3) is 0 Å². The van der Waals surface area contributed by atoms with E-state index < -0.39 is 12.2 Å². The zero-order valence-electron chi connectivity index (χ0n) is 11.0. The van der Waals surface area contributed by atoms with Gasteiger partial charge in [0.2, 0.25) is 0 Å². The minimum Gasteiger partial charge on any atom is -0.381 e. The van der Waals surface area contributed by atoms with Crippen LogP contribution in [0.5, 0.6) is 0 Å². The minimum atomic E-state index is -4.39. The molecule has 1 fully saturated rings. The normalized spacial score (nSPS) is 18.8. The first kappa shape index (κ1) is 14.8. The van der Waals surface area contributed by atoms with Crippen molar-refractivity contribution in [3.63, 3.8) is 0 Å². The summed E-state index contributed by atoms with van der Waals surface area (Å²) >= 11 is 0. The molecule has 0 N–H and O–H groups in total. The fourth-order valence-electron chi connectivity index (χ4n) is 2.35. The average molecular weight is 288 g/mol. The van der Waals surface area contributed by atoms with E-state index in [2.05, 4.69) is 10.3 Å². The number of rotatable bonds is 3. The predicted octanol–water partition coefficient (Wildman–Crippen LogP) is 2.36. The molecule has 1 atom stereocenters. The van der Waals surface area contributed by atoms with E-state index in [4.69, 9.17) is 10.00 Å². The van der Waals surface area contributed by atoms with Crippen LogP contribution in [0.4, 0.5) is 13.2 Å². The van der Waals surface area contributed by atoms with Crippen LogP contribution in [0.15, 0.2) is 0 Å². The number of nitriles is 1. The summed E-state index contributed by atoms with van der Waals surface area (Å²) in [5, 5.41) is 16.2. The van der Waals surface area contributed by atoms with E-state index in [9.17, 15) is 13.2 Å². The Kier molecular flexibility index (Phi) is 4.28. The summed E-state index contributed by atoms with van der Waals surface area (Å²) in [5.41, 5.74) is 0.773. The summed E-state index contributed by atoms with van der Waals surface area (Å²) in [6, 6.07) is 0.176. The summed E-state index contributed by atoms with van der Waals surface area (Å²) in [6.07, 6.45) is -3.18. The van der Waals surface area contributed by atoms with Crippen LogP contribution in [0.1, 0.15) is 43.1 Å². The highest BCUT2D eigenvalue weighted by atomic mass is 19.4. The summed E-state index contributed by atoms with van der Waals surface area (Å²) in [5.74, 6) is -0.0908. The second-order valence-corrected chi connectivity index (χ2v) is 4.81. The van der Waals surface area contributed by atoms with Crippen LogP contribution < -0.4 is 0 Å². The monoisotopic (exact) mass is 288 g/mol. The van der Waals surface area contributed by atoms with Gasteiger partial charge in [0, 0.05) is 19.1 Å². The molecule has 20 heavy (non-hydrogen) atoms. The first-order chi connectivity index (χ1) is 9.45. The molecular weight excluding hydrogens is 273 g/mol. The number of hydrogen-bond donors (Lipinski definition) is 0. The number of halogens is 3. The Morgan fingerprint density at radius 1 is 1.45 bits per heavy atom. The Morgan fingerprint density at radius 2 is 2.10 bits per heavy atom. The topological polar surface area (TPSA) is 63.7 Å². The van der Waals surface area contributed by atoms with Crippen LogP contribution in [0.2, 0.25) is 0 Å². The van der Waals surface area contributed by atoms with Crippen LogP contribution >= 0.6 is 0 Å². The van der Waals surface area contributed by atoms with Gasteiger partial charge in [-0.25, -0.2) is 4.68 Å². The highest BCUT2D eigenvalue weighted by Crippen LogP contribution is 2.35. The molecule has 8 heteroatoms. The third kappa shape index (κ3) is 2.93. The van der Waals surface area contributed by atoms with Gasteiger partial charge in [-0.1, -0.05) is 5.21 Å². The molecule has 0 amide bonds. The number of nitrogens with zero attached hydrogens (tertiary/aromatic N) is 4. The lowest BCUT2D eigenvalue weighted by atomic mass is 9.94. The Labute approximate surface area is 114 Å². The van der Waals surface area contributed by atoms with E-state index in [0.29, 0.717) is 37.4 Å². The molecule has 0 saturated carbocycles. The quantitative estimate of drug-likeness (QED) is 0.856. The molecule has 0 radical (unpaired) electrons. The highest BCUT2D eigenvalue weighted by Gasteiger charge is 2.41.